The lowest BCUT2D eigenvalue weighted by atomic mass is 10.1. The third-order valence-electron chi connectivity index (χ3n) is 5.93. The van der Waals surface area contributed by atoms with Gasteiger partial charge in [0.25, 0.3) is 0 Å². The number of hydrogen-bond donors (Lipinski definition) is 2. The molecule has 1 aromatic carbocycles. The zero-order valence-electron chi connectivity index (χ0n) is 20.1. The summed E-state index contributed by atoms with van der Waals surface area (Å²) in [7, 11) is 0. The van der Waals surface area contributed by atoms with E-state index >= 15 is 0 Å². The van der Waals surface area contributed by atoms with Gasteiger partial charge in [-0.25, -0.2) is 28.7 Å². The number of rotatable bonds is 9. The number of nitrogens with zero attached hydrogens (tertiary/aromatic N) is 4. The summed E-state index contributed by atoms with van der Waals surface area (Å²) in [6, 6.07) is 11.5. The van der Waals surface area contributed by atoms with Crippen molar-refractivity contribution >= 4 is 17.1 Å². The van der Waals surface area contributed by atoms with E-state index < -0.39 is 0 Å². The molecule has 38 heavy (non-hydrogen) atoms. The molecule has 192 valence electrons. The van der Waals surface area contributed by atoms with Gasteiger partial charge in [-0.1, -0.05) is 0 Å². The lowest BCUT2D eigenvalue weighted by Crippen LogP contribution is -2.10. The number of pyridine rings is 2. The highest BCUT2D eigenvalue weighted by atomic mass is 19.1. The number of ether oxygens (including phenoxy) is 3. The molecular weight excluding hydrogens is 494 g/mol. The van der Waals surface area contributed by atoms with Gasteiger partial charge in [0, 0.05) is 12.1 Å². The zero-order valence-corrected chi connectivity index (χ0v) is 20.1. The van der Waals surface area contributed by atoms with Gasteiger partial charge >= 0.3 is 0 Å². The highest BCUT2D eigenvalue weighted by Crippen LogP contribution is 2.26. The Hall–Kier alpha value is -4.64. The molecule has 1 aliphatic rings. The molecular formula is C27H22F2N6O3. The van der Waals surface area contributed by atoms with Crippen LogP contribution in [0.5, 0.6) is 11.5 Å². The normalized spacial score (nSPS) is 12.8. The van der Waals surface area contributed by atoms with E-state index in [1.54, 1.807) is 42.7 Å². The van der Waals surface area contributed by atoms with Crippen molar-refractivity contribution in [3.05, 3.63) is 77.9 Å². The predicted molar refractivity (Wildman–Crippen MR) is 135 cm³/mol. The van der Waals surface area contributed by atoms with Gasteiger partial charge in [0.2, 0.25) is 0 Å². The highest BCUT2D eigenvalue weighted by molar-refractivity contribution is 5.78. The Balaban J connectivity index is 0.937. The Morgan fingerprint density at radius 1 is 0.789 bits per heavy atom. The summed E-state index contributed by atoms with van der Waals surface area (Å²) >= 11 is 0. The molecule has 11 heteroatoms. The molecule has 0 unspecified atom stereocenters. The van der Waals surface area contributed by atoms with Gasteiger partial charge < -0.3 is 24.2 Å². The fraction of sp³-hybridized carbons (Fsp3) is 0.185. The number of allylic oxidation sites excluding steroid dienone is 1. The molecule has 0 amide bonds. The zero-order chi connectivity index (χ0) is 25.9. The van der Waals surface area contributed by atoms with Crippen LogP contribution in [0.3, 0.4) is 0 Å². The number of aromatic nitrogens is 6. The summed E-state index contributed by atoms with van der Waals surface area (Å²) in [6.45, 7) is 0.654. The SMILES string of the molecule is FC1=Cc2nc(-c3ccc(OCOCCOc4ccc(-c5nc6ccc(F)cc6[nH]5)nc4)cn3)[nH]c2CC1. The van der Waals surface area contributed by atoms with Crippen LogP contribution < -0.4 is 9.47 Å². The van der Waals surface area contributed by atoms with E-state index in [9.17, 15) is 8.78 Å². The summed E-state index contributed by atoms with van der Waals surface area (Å²) in [4.78, 5) is 23.8. The minimum atomic E-state index is -0.327. The molecule has 9 nitrogen and oxygen atoms in total. The molecule has 0 saturated heterocycles. The number of aromatic amines is 2. The third-order valence-corrected chi connectivity index (χ3v) is 5.93. The maximum absolute atomic E-state index is 13.5. The smallest absolute Gasteiger partial charge is 0.189 e. The number of fused-ring (bicyclic) bond motifs is 2. The van der Waals surface area contributed by atoms with Gasteiger partial charge in [-0.05, 0) is 55.0 Å². The minimum absolute atomic E-state index is 0.0351. The Morgan fingerprint density at radius 3 is 2.32 bits per heavy atom. The quantitative estimate of drug-likeness (QED) is 0.204. The van der Waals surface area contributed by atoms with Crippen LogP contribution in [0.25, 0.3) is 40.1 Å². The van der Waals surface area contributed by atoms with E-state index in [0.29, 0.717) is 77.3 Å². The molecule has 0 fully saturated rings. The monoisotopic (exact) mass is 516 g/mol. The molecule has 0 spiro atoms. The number of halogens is 2. The second-order valence-electron chi connectivity index (χ2n) is 8.56. The van der Waals surface area contributed by atoms with Crippen LogP contribution in [0.1, 0.15) is 17.8 Å². The Morgan fingerprint density at radius 2 is 1.55 bits per heavy atom. The van der Waals surface area contributed by atoms with Crippen molar-refractivity contribution in [1.82, 2.24) is 29.9 Å². The molecule has 6 rings (SSSR count). The number of H-pyrrole nitrogens is 2. The van der Waals surface area contributed by atoms with Crippen LogP contribution in [0, 0.1) is 5.82 Å². The van der Waals surface area contributed by atoms with E-state index in [1.807, 2.05) is 0 Å². The standard InChI is InChI=1S/C27H22F2N6O3/c28-16-1-5-20-24(11-16)34-26(32-20)22-7-3-18(13-30-22)37-10-9-36-15-38-19-4-8-23(31-14-19)27-33-21-6-2-17(29)12-25(21)35-27/h1,3-5,7-8,11-14H,2,6,9-10,15H2,(H,32,34)(H,33,35). The van der Waals surface area contributed by atoms with Crippen molar-refractivity contribution in [1.29, 1.82) is 0 Å². The summed E-state index contributed by atoms with van der Waals surface area (Å²) < 4.78 is 43.5. The summed E-state index contributed by atoms with van der Waals surface area (Å²) in [5.74, 6) is 1.79. The van der Waals surface area contributed by atoms with Gasteiger partial charge in [-0.2, -0.15) is 0 Å². The summed E-state index contributed by atoms with van der Waals surface area (Å²) in [5.41, 5.74) is 4.08. The summed E-state index contributed by atoms with van der Waals surface area (Å²) in [5, 5.41) is 0. The Labute approximate surface area is 215 Å². The largest absolute Gasteiger partial charge is 0.490 e. The topological polar surface area (TPSA) is 111 Å². The van der Waals surface area contributed by atoms with E-state index in [0.717, 1.165) is 5.69 Å². The molecule has 1 aliphatic carbocycles. The Bertz CT molecular complexity index is 1600. The first-order valence-electron chi connectivity index (χ1n) is 12.0. The van der Waals surface area contributed by atoms with Crippen LogP contribution in [-0.2, 0) is 11.2 Å². The van der Waals surface area contributed by atoms with Crippen molar-refractivity contribution < 1.29 is 23.0 Å². The molecule has 0 saturated carbocycles. The van der Waals surface area contributed by atoms with Gasteiger partial charge in [0.05, 0.1) is 35.7 Å². The molecule has 0 atom stereocenters. The van der Waals surface area contributed by atoms with Gasteiger partial charge in [-0.3, -0.25) is 0 Å². The van der Waals surface area contributed by atoms with Gasteiger partial charge in [0.1, 0.15) is 41.1 Å². The van der Waals surface area contributed by atoms with Crippen molar-refractivity contribution in [2.45, 2.75) is 12.8 Å². The van der Waals surface area contributed by atoms with Gasteiger partial charge in [0.15, 0.2) is 18.4 Å². The number of imidazole rings is 2. The van der Waals surface area contributed by atoms with Crippen molar-refractivity contribution in [3.63, 3.8) is 0 Å². The average molecular weight is 517 g/mol. The fourth-order valence-electron chi connectivity index (χ4n) is 4.02. The lowest BCUT2D eigenvalue weighted by Gasteiger charge is -2.09. The van der Waals surface area contributed by atoms with Crippen LogP contribution in [0.15, 0.2) is 60.7 Å². The van der Waals surface area contributed by atoms with Crippen LogP contribution in [0.2, 0.25) is 0 Å². The second kappa shape index (κ2) is 10.4. The Kier molecular flexibility index (Phi) is 6.49. The maximum Gasteiger partial charge on any atom is 0.189 e. The van der Waals surface area contributed by atoms with Crippen molar-refractivity contribution in [2.75, 3.05) is 20.0 Å². The van der Waals surface area contributed by atoms with E-state index in [4.69, 9.17) is 14.2 Å². The molecule has 0 bridgehead atoms. The molecule has 0 aliphatic heterocycles. The van der Waals surface area contributed by atoms with E-state index in [1.165, 1.54) is 18.2 Å². The van der Waals surface area contributed by atoms with E-state index in [-0.39, 0.29) is 18.4 Å². The van der Waals surface area contributed by atoms with Crippen LogP contribution in [-0.4, -0.2) is 49.9 Å². The second-order valence-corrected chi connectivity index (χ2v) is 8.56. The molecule has 5 aromatic rings. The van der Waals surface area contributed by atoms with Crippen LogP contribution >= 0.6 is 0 Å². The predicted octanol–water partition coefficient (Wildman–Crippen LogP) is 5.24. The number of hydrogen-bond acceptors (Lipinski definition) is 7. The number of benzene rings is 1. The van der Waals surface area contributed by atoms with Crippen LogP contribution in [0.4, 0.5) is 8.78 Å². The first kappa shape index (κ1) is 23.7. The average Bonchev–Trinajstić information content (AvgIpc) is 3.55. The van der Waals surface area contributed by atoms with Crippen molar-refractivity contribution in [3.8, 4) is 34.5 Å². The molecule has 0 radical (unpaired) electrons. The van der Waals surface area contributed by atoms with E-state index in [2.05, 4.69) is 29.9 Å². The lowest BCUT2D eigenvalue weighted by molar-refractivity contribution is 0.00226. The van der Waals surface area contributed by atoms with Crippen molar-refractivity contribution in [2.24, 2.45) is 0 Å². The van der Waals surface area contributed by atoms with Gasteiger partial charge in [-0.15, -0.1) is 0 Å². The third kappa shape index (κ3) is 5.23. The fourth-order valence-corrected chi connectivity index (χ4v) is 4.02. The molecule has 4 aromatic heterocycles. The number of nitrogens with one attached hydrogen (secondary N) is 2. The first-order chi connectivity index (χ1) is 18.6. The minimum Gasteiger partial charge on any atom is -0.490 e. The highest BCUT2D eigenvalue weighted by Gasteiger charge is 2.16. The summed E-state index contributed by atoms with van der Waals surface area (Å²) in [6.07, 6.45) is 5.61. The maximum atomic E-state index is 13.5. The molecule has 4 heterocycles. The number of aryl methyl sites for hydroxylation is 1. The molecule has 2 N–H and O–H groups in total. The first-order valence-corrected chi connectivity index (χ1v) is 12.0.